The van der Waals surface area contributed by atoms with Crippen LogP contribution < -0.4 is 16.6 Å². The number of carboxylic acids is 1. The number of carboxylic acid groups (broad SMARTS) is 1. The Labute approximate surface area is 108 Å². The molecular formula is C11H15N3O5. The number of aromatic amines is 1. The van der Waals surface area contributed by atoms with Crippen LogP contribution in [0.2, 0.25) is 0 Å². The summed E-state index contributed by atoms with van der Waals surface area (Å²) in [4.78, 5) is 46.1. The maximum absolute atomic E-state index is 11.4. The first-order valence-corrected chi connectivity index (χ1v) is 5.69. The number of hydrogen-bond acceptors (Lipinski definition) is 4. The Kier molecular flexibility index (Phi) is 5.04. The van der Waals surface area contributed by atoms with Gasteiger partial charge in [0.1, 0.15) is 6.54 Å². The van der Waals surface area contributed by atoms with Crippen LogP contribution in [0, 0.1) is 6.92 Å². The third-order valence-electron chi connectivity index (χ3n) is 2.43. The fourth-order valence-corrected chi connectivity index (χ4v) is 1.46. The molecule has 0 bridgehead atoms. The number of carbonyl (C=O) groups excluding carboxylic acids is 1. The maximum Gasteiger partial charge on any atom is 0.328 e. The summed E-state index contributed by atoms with van der Waals surface area (Å²) in [7, 11) is 0. The van der Waals surface area contributed by atoms with Crippen LogP contribution in [0.4, 0.5) is 0 Å². The van der Waals surface area contributed by atoms with Crippen LogP contribution in [0.1, 0.15) is 18.4 Å². The van der Waals surface area contributed by atoms with Gasteiger partial charge in [0.2, 0.25) is 5.91 Å². The molecule has 0 saturated carbocycles. The van der Waals surface area contributed by atoms with E-state index in [1.807, 2.05) is 0 Å². The summed E-state index contributed by atoms with van der Waals surface area (Å²) in [6.07, 6.45) is 1.91. The smallest absolute Gasteiger partial charge is 0.328 e. The van der Waals surface area contributed by atoms with E-state index in [0.29, 0.717) is 12.0 Å². The SMILES string of the molecule is Cc1cn(CCCC(=O)NCC(=O)O)c(=O)[nH]c1=O. The van der Waals surface area contributed by atoms with Crippen molar-refractivity contribution in [3.63, 3.8) is 0 Å². The van der Waals surface area contributed by atoms with Gasteiger partial charge in [0.15, 0.2) is 0 Å². The van der Waals surface area contributed by atoms with Gasteiger partial charge in [-0.15, -0.1) is 0 Å². The van der Waals surface area contributed by atoms with Gasteiger partial charge in [-0.25, -0.2) is 4.79 Å². The van der Waals surface area contributed by atoms with Crippen molar-refractivity contribution in [2.24, 2.45) is 0 Å². The van der Waals surface area contributed by atoms with Gasteiger partial charge >= 0.3 is 11.7 Å². The molecule has 0 atom stereocenters. The molecule has 1 rings (SSSR count). The molecule has 1 heterocycles. The van der Waals surface area contributed by atoms with Gasteiger partial charge in [0.05, 0.1) is 0 Å². The zero-order valence-electron chi connectivity index (χ0n) is 10.4. The molecule has 0 fully saturated rings. The molecule has 1 aromatic rings. The summed E-state index contributed by atoms with van der Waals surface area (Å²) >= 11 is 0. The van der Waals surface area contributed by atoms with Crippen molar-refractivity contribution < 1.29 is 14.7 Å². The molecule has 8 nitrogen and oxygen atoms in total. The first kappa shape index (κ1) is 14.7. The molecule has 0 radical (unpaired) electrons. The minimum absolute atomic E-state index is 0.109. The average Bonchev–Trinajstić information content (AvgIpc) is 2.33. The normalized spacial score (nSPS) is 10.2. The number of rotatable bonds is 6. The zero-order chi connectivity index (χ0) is 14.4. The lowest BCUT2D eigenvalue weighted by molar-refractivity contribution is -0.137. The van der Waals surface area contributed by atoms with Crippen molar-refractivity contribution in [3.05, 3.63) is 32.6 Å². The van der Waals surface area contributed by atoms with Crippen LogP contribution in [0.15, 0.2) is 15.8 Å². The summed E-state index contributed by atoms with van der Waals surface area (Å²) in [5.74, 6) is -1.50. The van der Waals surface area contributed by atoms with Crippen molar-refractivity contribution in [2.45, 2.75) is 26.3 Å². The number of carbonyl (C=O) groups is 2. The fourth-order valence-electron chi connectivity index (χ4n) is 1.46. The highest BCUT2D eigenvalue weighted by Gasteiger charge is 2.05. The first-order chi connectivity index (χ1) is 8.90. The number of aliphatic carboxylic acids is 1. The Hall–Kier alpha value is -2.38. The number of hydrogen-bond donors (Lipinski definition) is 3. The Balaban J connectivity index is 2.48. The number of nitrogens with zero attached hydrogens (tertiary/aromatic N) is 1. The molecule has 8 heteroatoms. The number of aromatic nitrogens is 2. The predicted molar refractivity (Wildman–Crippen MR) is 65.9 cm³/mol. The first-order valence-electron chi connectivity index (χ1n) is 5.69. The summed E-state index contributed by atoms with van der Waals surface area (Å²) in [5, 5.41) is 10.6. The molecule has 3 N–H and O–H groups in total. The average molecular weight is 269 g/mol. The molecule has 0 aliphatic heterocycles. The molecule has 0 aliphatic carbocycles. The van der Waals surface area contributed by atoms with Crippen molar-refractivity contribution >= 4 is 11.9 Å². The van der Waals surface area contributed by atoms with Gasteiger partial charge in [-0.05, 0) is 13.3 Å². The minimum Gasteiger partial charge on any atom is -0.480 e. The number of H-pyrrole nitrogens is 1. The van der Waals surface area contributed by atoms with E-state index in [2.05, 4.69) is 10.3 Å². The highest BCUT2D eigenvalue weighted by molar-refractivity contribution is 5.80. The summed E-state index contributed by atoms with van der Waals surface area (Å²) in [6, 6.07) is 0. The van der Waals surface area contributed by atoms with Crippen LogP contribution in [-0.4, -0.2) is 33.1 Å². The van der Waals surface area contributed by atoms with E-state index in [4.69, 9.17) is 5.11 Å². The lowest BCUT2D eigenvalue weighted by Crippen LogP contribution is -2.32. The van der Waals surface area contributed by atoms with E-state index in [1.54, 1.807) is 6.92 Å². The molecule has 0 spiro atoms. The molecule has 1 amide bonds. The van der Waals surface area contributed by atoms with Gasteiger partial charge in [-0.3, -0.25) is 19.4 Å². The summed E-state index contributed by atoms with van der Waals surface area (Å²) in [6.45, 7) is 1.43. The Morgan fingerprint density at radius 1 is 1.42 bits per heavy atom. The Morgan fingerprint density at radius 3 is 2.74 bits per heavy atom. The van der Waals surface area contributed by atoms with Crippen LogP contribution in [-0.2, 0) is 16.1 Å². The molecule has 104 valence electrons. The van der Waals surface area contributed by atoms with Gasteiger partial charge in [0.25, 0.3) is 5.56 Å². The maximum atomic E-state index is 11.4. The third kappa shape index (κ3) is 4.78. The highest BCUT2D eigenvalue weighted by atomic mass is 16.4. The van der Waals surface area contributed by atoms with Crippen LogP contribution in [0.3, 0.4) is 0 Å². The fraction of sp³-hybridized carbons (Fsp3) is 0.455. The standard InChI is InChI=1S/C11H15N3O5/c1-7-6-14(11(19)13-10(7)18)4-2-3-8(15)12-5-9(16)17/h6H,2-5H2,1H3,(H,12,15)(H,16,17)(H,13,18,19). The molecule has 1 aromatic heterocycles. The van der Waals surface area contributed by atoms with E-state index >= 15 is 0 Å². The number of amides is 1. The lowest BCUT2D eigenvalue weighted by Gasteiger charge is -2.06. The lowest BCUT2D eigenvalue weighted by atomic mass is 10.3. The Bertz CT molecular complexity index is 587. The van der Waals surface area contributed by atoms with Gasteiger partial charge < -0.3 is 15.0 Å². The summed E-state index contributed by atoms with van der Waals surface area (Å²) < 4.78 is 1.31. The predicted octanol–water partition coefficient (Wildman–Crippen LogP) is -1.17. The largest absolute Gasteiger partial charge is 0.480 e. The van der Waals surface area contributed by atoms with Crippen molar-refractivity contribution in [2.75, 3.05) is 6.54 Å². The van der Waals surface area contributed by atoms with Crippen molar-refractivity contribution in [1.82, 2.24) is 14.9 Å². The molecular weight excluding hydrogens is 254 g/mol. The van der Waals surface area contributed by atoms with Crippen LogP contribution >= 0.6 is 0 Å². The molecule has 0 aliphatic rings. The Morgan fingerprint density at radius 2 is 2.11 bits per heavy atom. The van der Waals surface area contributed by atoms with E-state index in [0.717, 1.165) is 0 Å². The second-order valence-corrected chi connectivity index (χ2v) is 4.04. The van der Waals surface area contributed by atoms with E-state index in [1.165, 1.54) is 10.8 Å². The van der Waals surface area contributed by atoms with Crippen LogP contribution in [0.5, 0.6) is 0 Å². The summed E-state index contributed by atoms with van der Waals surface area (Å²) in [5.41, 5.74) is -0.545. The van der Waals surface area contributed by atoms with Crippen molar-refractivity contribution in [3.8, 4) is 0 Å². The molecule has 0 unspecified atom stereocenters. The molecule has 0 saturated heterocycles. The van der Waals surface area contributed by atoms with E-state index in [-0.39, 0.29) is 13.0 Å². The minimum atomic E-state index is -1.11. The molecule has 19 heavy (non-hydrogen) atoms. The monoisotopic (exact) mass is 269 g/mol. The molecule has 0 aromatic carbocycles. The van der Waals surface area contributed by atoms with Crippen LogP contribution in [0.25, 0.3) is 0 Å². The van der Waals surface area contributed by atoms with Crippen molar-refractivity contribution in [1.29, 1.82) is 0 Å². The second-order valence-electron chi connectivity index (χ2n) is 4.04. The topological polar surface area (TPSA) is 121 Å². The highest BCUT2D eigenvalue weighted by Crippen LogP contribution is 1.93. The number of nitrogens with one attached hydrogen (secondary N) is 2. The number of aryl methyl sites for hydroxylation is 2. The quantitative estimate of drug-likeness (QED) is 0.600. The third-order valence-corrected chi connectivity index (χ3v) is 2.43. The van der Waals surface area contributed by atoms with E-state index < -0.39 is 29.7 Å². The second kappa shape index (κ2) is 6.53. The van der Waals surface area contributed by atoms with Gasteiger partial charge in [-0.1, -0.05) is 0 Å². The zero-order valence-corrected chi connectivity index (χ0v) is 10.4. The van der Waals surface area contributed by atoms with E-state index in [9.17, 15) is 19.2 Å². The van der Waals surface area contributed by atoms with Gasteiger partial charge in [-0.2, -0.15) is 0 Å². The van der Waals surface area contributed by atoms with Gasteiger partial charge in [0, 0.05) is 24.7 Å².